The van der Waals surface area contributed by atoms with E-state index in [1.54, 1.807) is 19.2 Å². The lowest BCUT2D eigenvalue weighted by atomic mass is 10.0. The Labute approximate surface area is 170 Å². The second kappa shape index (κ2) is 10.0. The van der Waals surface area contributed by atoms with Gasteiger partial charge < -0.3 is 15.0 Å². The van der Waals surface area contributed by atoms with Crippen molar-refractivity contribution in [1.82, 2.24) is 10.2 Å². The third-order valence-corrected chi connectivity index (χ3v) is 5.30. The summed E-state index contributed by atoms with van der Waals surface area (Å²) in [5.74, 6) is 0.526. The Hall–Kier alpha value is -2.89. The predicted molar refractivity (Wildman–Crippen MR) is 109 cm³/mol. The normalized spacial score (nSPS) is 14.5. The van der Waals surface area contributed by atoms with E-state index in [2.05, 4.69) is 5.32 Å². The summed E-state index contributed by atoms with van der Waals surface area (Å²) in [7, 11) is 1.60. The van der Waals surface area contributed by atoms with Gasteiger partial charge in [-0.1, -0.05) is 30.3 Å². The molecule has 6 heteroatoms. The first-order chi connectivity index (χ1) is 14.0. The van der Waals surface area contributed by atoms with Gasteiger partial charge in [-0.05, 0) is 43.0 Å². The van der Waals surface area contributed by atoms with Crippen LogP contribution < -0.4 is 10.1 Å². The van der Waals surface area contributed by atoms with Crippen LogP contribution >= 0.6 is 0 Å². The van der Waals surface area contributed by atoms with E-state index < -0.39 is 0 Å². The number of halogens is 1. The fourth-order valence-electron chi connectivity index (χ4n) is 3.61. The van der Waals surface area contributed by atoms with E-state index in [1.807, 2.05) is 29.2 Å². The zero-order valence-electron chi connectivity index (χ0n) is 16.7. The largest absolute Gasteiger partial charge is 0.496 e. The lowest BCUT2D eigenvalue weighted by Gasteiger charge is -2.32. The highest BCUT2D eigenvalue weighted by Gasteiger charge is 2.24. The molecule has 1 N–H and O–H groups in total. The Morgan fingerprint density at radius 1 is 1.10 bits per heavy atom. The number of piperidine rings is 1. The molecule has 0 atom stereocenters. The Bertz CT molecular complexity index is 830. The number of nitrogens with one attached hydrogen (secondary N) is 1. The maximum Gasteiger partial charge on any atom is 0.227 e. The summed E-state index contributed by atoms with van der Waals surface area (Å²) in [5, 5.41) is 3.06. The third kappa shape index (κ3) is 6.04. The highest BCUT2D eigenvalue weighted by molar-refractivity contribution is 5.80. The summed E-state index contributed by atoms with van der Waals surface area (Å²) in [4.78, 5) is 26.7. The quantitative estimate of drug-likeness (QED) is 0.780. The number of nitrogens with zero attached hydrogens (tertiary/aromatic N) is 1. The molecule has 0 saturated carbocycles. The first-order valence-corrected chi connectivity index (χ1v) is 9.98. The molecule has 2 aromatic carbocycles. The fourth-order valence-corrected chi connectivity index (χ4v) is 3.61. The van der Waals surface area contributed by atoms with Crippen molar-refractivity contribution in [3.05, 3.63) is 65.5 Å². The van der Waals surface area contributed by atoms with Crippen molar-refractivity contribution in [1.29, 1.82) is 0 Å². The second-order valence-electron chi connectivity index (χ2n) is 7.34. The number of likely N-dealkylation sites (tertiary alicyclic amines) is 1. The van der Waals surface area contributed by atoms with Crippen molar-refractivity contribution in [3.63, 3.8) is 0 Å². The summed E-state index contributed by atoms with van der Waals surface area (Å²) in [6.45, 7) is 1.27. The maximum atomic E-state index is 12.9. The van der Waals surface area contributed by atoms with Gasteiger partial charge in [-0.3, -0.25) is 9.59 Å². The van der Waals surface area contributed by atoms with Crippen LogP contribution in [0.25, 0.3) is 0 Å². The number of hydrogen-bond acceptors (Lipinski definition) is 3. The van der Waals surface area contributed by atoms with Crippen molar-refractivity contribution in [2.75, 3.05) is 20.2 Å². The van der Waals surface area contributed by atoms with Crippen LogP contribution in [0.4, 0.5) is 4.39 Å². The molecule has 0 spiro atoms. The molecule has 1 fully saturated rings. The van der Waals surface area contributed by atoms with E-state index in [0.29, 0.717) is 32.4 Å². The molecule has 3 rings (SSSR count). The highest BCUT2D eigenvalue weighted by Crippen LogP contribution is 2.20. The lowest BCUT2D eigenvalue weighted by molar-refractivity contribution is -0.131. The van der Waals surface area contributed by atoms with E-state index in [0.717, 1.165) is 29.7 Å². The van der Waals surface area contributed by atoms with Crippen LogP contribution in [0.5, 0.6) is 5.75 Å². The standard InChI is InChI=1S/C23H27FN2O3/c1-29-21-5-3-2-4-18(21)16-23(28)26-14-12-20(13-15-26)25-22(27)11-8-17-6-9-19(24)10-7-17/h2-7,9-10,20H,8,11-16H2,1H3,(H,25,27). The summed E-state index contributed by atoms with van der Waals surface area (Å²) in [6, 6.07) is 13.9. The van der Waals surface area contributed by atoms with E-state index in [9.17, 15) is 14.0 Å². The van der Waals surface area contributed by atoms with E-state index in [1.165, 1.54) is 12.1 Å². The monoisotopic (exact) mass is 398 g/mol. The van der Waals surface area contributed by atoms with Crippen molar-refractivity contribution in [2.24, 2.45) is 0 Å². The smallest absolute Gasteiger partial charge is 0.227 e. The van der Waals surface area contributed by atoms with Crippen LogP contribution in [0.3, 0.4) is 0 Å². The molecule has 0 radical (unpaired) electrons. The molecule has 1 aliphatic heterocycles. The van der Waals surface area contributed by atoms with Crippen LogP contribution in [0, 0.1) is 5.82 Å². The number of benzene rings is 2. The van der Waals surface area contributed by atoms with Gasteiger partial charge in [-0.15, -0.1) is 0 Å². The summed E-state index contributed by atoms with van der Waals surface area (Å²) < 4.78 is 18.2. The van der Waals surface area contributed by atoms with Crippen LogP contribution in [0.1, 0.15) is 30.4 Å². The van der Waals surface area contributed by atoms with Gasteiger partial charge in [0.2, 0.25) is 11.8 Å². The highest BCUT2D eigenvalue weighted by atomic mass is 19.1. The first-order valence-electron chi connectivity index (χ1n) is 9.98. The Morgan fingerprint density at radius 3 is 2.48 bits per heavy atom. The number of hydrogen-bond donors (Lipinski definition) is 1. The number of carbonyl (C=O) groups excluding carboxylic acids is 2. The lowest BCUT2D eigenvalue weighted by Crippen LogP contribution is -2.47. The molecule has 1 heterocycles. The third-order valence-electron chi connectivity index (χ3n) is 5.30. The Morgan fingerprint density at radius 2 is 1.79 bits per heavy atom. The van der Waals surface area contributed by atoms with Gasteiger partial charge in [0.05, 0.1) is 13.5 Å². The van der Waals surface area contributed by atoms with Crippen molar-refractivity contribution in [3.8, 4) is 5.75 Å². The molecule has 2 aromatic rings. The number of ether oxygens (including phenoxy) is 1. The summed E-state index contributed by atoms with van der Waals surface area (Å²) in [6.07, 6.45) is 2.78. The Balaban J connectivity index is 1.41. The topological polar surface area (TPSA) is 58.6 Å². The molecule has 0 unspecified atom stereocenters. The minimum atomic E-state index is -0.273. The fraction of sp³-hybridized carbons (Fsp3) is 0.391. The number of para-hydroxylation sites is 1. The molecular weight excluding hydrogens is 371 g/mol. The maximum absolute atomic E-state index is 12.9. The molecule has 2 amide bonds. The predicted octanol–water partition coefficient (Wildman–Crippen LogP) is 3.12. The molecule has 0 aliphatic carbocycles. The van der Waals surface area contributed by atoms with E-state index >= 15 is 0 Å². The molecule has 29 heavy (non-hydrogen) atoms. The van der Waals surface area contributed by atoms with Crippen LogP contribution in [-0.2, 0) is 22.4 Å². The van der Waals surface area contributed by atoms with Crippen LogP contribution in [0.15, 0.2) is 48.5 Å². The summed E-state index contributed by atoms with van der Waals surface area (Å²) >= 11 is 0. The number of carbonyl (C=O) groups is 2. The zero-order chi connectivity index (χ0) is 20.6. The van der Waals surface area contributed by atoms with Crippen LogP contribution in [0.2, 0.25) is 0 Å². The SMILES string of the molecule is COc1ccccc1CC(=O)N1CCC(NC(=O)CCc2ccc(F)cc2)CC1. The van der Waals surface area contributed by atoms with Gasteiger partial charge in [0.1, 0.15) is 11.6 Å². The first kappa shape index (κ1) is 20.8. The molecule has 0 aromatic heterocycles. The minimum absolute atomic E-state index is 0.00637. The van der Waals surface area contributed by atoms with Gasteiger partial charge in [-0.25, -0.2) is 4.39 Å². The van der Waals surface area contributed by atoms with Gasteiger partial charge >= 0.3 is 0 Å². The van der Waals surface area contributed by atoms with Crippen molar-refractivity contribution in [2.45, 2.75) is 38.1 Å². The number of rotatable bonds is 7. The number of aryl methyl sites for hydroxylation is 1. The number of methoxy groups -OCH3 is 1. The minimum Gasteiger partial charge on any atom is -0.496 e. The second-order valence-corrected chi connectivity index (χ2v) is 7.34. The van der Waals surface area contributed by atoms with Gasteiger partial charge in [0, 0.05) is 31.1 Å². The Kier molecular flexibility index (Phi) is 7.22. The average molecular weight is 398 g/mol. The van der Waals surface area contributed by atoms with Gasteiger partial charge in [0.15, 0.2) is 0 Å². The van der Waals surface area contributed by atoms with Crippen molar-refractivity contribution < 1.29 is 18.7 Å². The van der Waals surface area contributed by atoms with Gasteiger partial charge in [-0.2, -0.15) is 0 Å². The zero-order valence-corrected chi connectivity index (χ0v) is 16.7. The molecular formula is C23H27FN2O3. The molecule has 1 saturated heterocycles. The van der Waals surface area contributed by atoms with Crippen molar-refractivity contribution >= 4 is 11.8 Å². The van der Waals surface area contributed by atoms with E-state index in [-0.39, 0.29) is 23.7 Å². The average Bonchev–Trinajstić information content (AvgIpc) is 2.74. The van der Waals surface area contributed by atoms with E-state index in [4.69, 9.17) is 4.74 Å². The van der Waals surface area contributed by atoms with Gasteiger partial charge in [0.25, 0.3) is 0 Å². The molecule has 5 nitrogen and oxygen atoms in total. The molecule has 0 bridgehead atoms. The summed E-state index contributed by atoms with van der Waals surface area (Å²) in [5.41, 5.74) is 1.83. The molecule has 154 valence electrons. The van der Waals surface area contributed by atoms with Crippen LogP contribution in [-0.4, -0.2) is 43.0 Å². The molecule has 1 aliphatic rings. The number of amides is 2.